The van der Waals surface area contributed by atoms with E-state index >= 15 is 0 Å². The van der Waals surface area contributed by atoms with Gasteiger partial charge in [-0.3, -0.25) is 14.2 Å². The minimum Gasteiger partial charge on any atom is -0.383 e. The molecular formula is C15H18ClN3O3S. The van der Waals surface area contributed by atoms with Gasteiger partial charge in [0.1, 0.15) is 0 Å². The predicted molar refractivity (Wildman–Crippen MR) is 92.3 cm³/mol. The third-order valence-electron chi connectivity index (χ3n) is 3.11. The maximum absolute atomic E-state index is 12.6. The van der Waals surface area contributed by atoms with Crippen LogP contribution in [0.4, 0.5) is 0 Å². The molecule has 0 aliphatic heterocycles. The van der Waals surface area contributed by atoms with Crippen molar-refractivity contribution in [2.24, 2.45) is 0 Å². The van der Waals surface area contributed by atoms with E-state index in [9.17, 15) is 9.59 Å². The first-order valence-electron chi connectivity index (χ1n) is 7.15. The molecule has 1 aromatic carbocycles. The summed E-state index contributed by atoms with van der Waals surface area (Å²) in [7, 11) is 1.57. The number of nitrogens with zero attached hydrogens (tertiary/aromatic N) is 2. The summed E-state index contributed by atoms with van der Waals surface area (Å²) in [5, 5.41) is 4.20. The molecule has 0 radical (unpaired) electrons. The molecule has 23 heavy (non-hydrogen) atoms. The molecule has 0 saturated heterocycles. The molecule has 0 unspecified atom stereocenters. The van der Waals surface area contributed by atoms with Gasteiger partial charge < -0.3 is 10.1 Å². The molecule has 2 aromatic rings. The van der Waals surface area contributed by atoms with Crippen molar-refractivity contribution in [3.05, 3.63) is 33.6 Å². The van der Waals surface area contributed by atoms with Crippen LogP contribution in [0, 0.1) is 0 Å². The van der Waals surface area contributed by atoms with Gasteiger partial charge in [-0.15, -0.1) is 0 Å². The van der Waals surface area contributed by atoms with Crippen LogP contribution in [0.15, 0.2) is 28.2 Å². The van der Waals surface area contributed by atoms with Crippen LogP contribution in [-0.2, 0) is 16.1 Å². The maximum atomic E-state index is 12.6. The van der Waals surface area contributed by atoms with Crippen LogP contribution in [0.5, 0.6) is 0 Å². The fourth-order valence-electron chi connectivity index (χ4n) is 2.04. The lowest BCUT2D eigenvalue weighted by Gasteiger charge is -2.12. The lowest BCUT2D eigenvalue weighted by Crippen LogP contribution is -2.27. The fraction of sp³-hybridized carbons (Fsp3) is 0.400. The van der Waals surface area contributed by atoms with Gasteiger partial charge in [0.15, 0.2) is 5.16 Å². The van der Waals surface area contributed by atoms with Crippen LogP contribution in [0.25, 0.3) is 10.9 Å². The van der Waals surface area contributed by atoms with Crippen LogP contribution in [-0.4, -0.2) is 41.5 Å². The molecule has 2 rings (SSSR count). The van der Waals surface area contributed by atoms with Crippen LogP contribution >= 0.6 is 23.4 Å². The lowest BCUT2D eigenvalue weighted by atomic mass is 10.2. The summed E-state index contributed by atoms with van der Waals surface area (Å²) in [5.74, 6) is 0.0931. The lowest BCUT2D eigenvalue weighted by molar-refractivity contribution is -0.118. The Kier molecular flexibility index (Phi) is 6.44. The number of halogens is 1. The van der Waals surface area contributed by atoms with Crippen molar-refractivity contribution in [3.8, 4) is 0 Å². The number of aromatic nitrogens is 2. The summed E-state index contributed by atoms with van der Waals surface area (Å²) in [4.78, 5) is 28.8. The molecule has 1 amide bonds. The number of carbonyl (C=O) groups is 1. The standard InChI is InChI=1S/C15H18ClN3O3S/c1-3-17-13(20)9-23-15-18-12-8-10(16)4-5-11(12)14(21)19(15)6-7-22-2/h4-5,8H,3,6-7,9H2,1-2H3,(H,17,20). The molecule has 0 saturated carbocycles. The summed E-state index contributed by atoms with van der Waals surface area (Å²) in [6.45, 7) is 3.18. The Hall–Kier alpha value is -1.57. The smallest absolute Gasteiger partial charge is 0.262 e. The highest BCUT2D eigenvalue weighted by atomic mass is 35.5. The zero-order valence-corrected chi connectivity index (χ0v) is 14.5. The van der Waals surface area contributed by atoms with E-state index in [2.05, 4.69) is 10.3 Å². The number of rotatable bonds is 7. The summed E-state index contributed by atoms with van der Waals surface area (Å²) in [6.07, 6.45) is 0. The molecule has 0 atom stereocenters. The van der Waals surface area contributed by atoms with Crippen molar-refractivity contribution in [1.29, 1.82) is 0 Å². The Morgan fingerprint density at radius 2 is 2.26 bits per heavy atom. The van der Waals surface area contributed by atoms with Crippen molar-refractivity contribution in [2.75, 3.05) is 26.0 Å². The van der Waals surface area contributed by atoms with Gasteiger partial charge in [0.05, 0.1) is 29.8 Å². The van der Waals surface area contributed by atoms with Crippen molar-refractivity contribution >= 4 is 40.2 Å². The van der Waals surface area contributed by atoms with Crippen LogP contribution in [0.1, 0.15) is 6.92 Å². The molecule has 0 bridgehead atoms. The molecule has 8 heteroatoms. The number of fused-ring (bicyclic) bond motifs is 1. The van der Waals surface area contributed by atoms with E-state index in [0.717, 1.165) is 0 Å². The first kappa shape index (κ1) is 17.8. The van der Waals surface area contributed by atoms with Gasteiger partial charge in [0, 0.05) is 18.7 Å². The largest absolute Gasteiger partial charge is 0.383 e. The molecule has 0 aliphatic rings. The van der Waals surface area contributed by atoms with Gasteiger partial charge in [-0.2, -0.15) is 0 Å². The number of methoxy groups -OCH3 is 1. The fourth-order valence-corrected chi connectivity index (χ4v) is 3.06. The van der Waals surface area contributed by atoms with Crippen molar-refractivity contribution in [2.45, 2.75) is 18.6 Å². The van der Waals surface area contributed by atoms with E-state index in [-0.39, 0.29) is 17.2 Å². The zero-order valence-electron chi connectivity index (χ0n) is 13.0. The highest BCUT2D eigenvalue weighted by Gasteiger charge is 2.13. The van der Waals surface area contributed by atoms with Gasteiger partial charge >= 0.3 is 0 Å². The molecule has 0 spiro atoms. The van der Waals surface area contributed by atoms with Crippen LogP contribution in [0.3, 0.4) is 0 Å². The summed E-state index contributed by atoms with van der Waals surface area (Å²) in [5.41, 5.74) is 0.358. The Bertz CT molecular complexity index is 763. The van der Waals surface area contributed by atoms with Gasteiger partial charge in [0.2, 0.25) is 5.91 Å². The predicted octanol–water partition coefficient (Wildman–Crippen LogP) is 1.92. The number of nitrogens with one attached hydrogen (secondary N) is 1. The maximum Gasteiger partial charge on any atom is 0.262 e. The third-order valence-corrected chi connectivity index (χ3v) is 4.32. The number of hydrogen-bond donors (Lipinski definition) is 1. The Labute approximate surface area is 143 Å². The summed E-state index contributed by atoms with van der Waals surface area (Å²) >= 11 is 7.20. The summed E-state index contributed by atoms with van der Waals surface area (Å²) in [6, 6.07) is 4.97. The van der Waals surface area contributed by atoms with E-state index in [1.165, 1.54) is 16.3 Å². The number of thioether (sulfide) groups is 1. The minimum absolute atomic E-state index is 0.101. The summed E-state index contributed by atoms with van der Waals surface area (Å²) < 4.78 is 6.59. The topological polar surface area (TPSA) is 73.2 Å². The molecule has 1 heterocycles. The molecule has 0 fully saturated rings. The second-order valence-corrected chi connectivity index (χ2v) is 6.13. The number of amides is 1. The molecule has 6 nitrogen and oxygen atoms in total. The third kappa shape index (κ3) is 4.46. The number of hydrogen-bond acceptors (Lipinski definition) is 5. The van der Waals surface area contributed by atoms with Crippen molar-refractivity contribution in [1.82, 2.24) is 14.9 Å². The van der Waals surface area contributed by atoms with E-state index in [0.29, 0.717) is 40.8 Å². The number of ether oxygens (including phenoxy) is 1. The van der Waals surface area contributed by atoms with E-state index in [1.54, 1.807) is 25.3 Å². The van der Waals surface area contributed by atoms with Gasteiger partial charge in [0.25, 0.3) is 5.56 Å². The first-order chi connectivity index (χ1) is 11.1. The second-order valence-electron chi connectivity index (χ2n) is 4.75. The van der Waals surface area contributed by atoms with Crippen molar-refractivity contribution < 1.29 is 9.53 Å². The molecule has 0 aliphatic carbocycles. The first-order valence-corrected chi connectivity index (χ1v) is 8.51. The Morgan fingerprint density at radius 1 is 1.48 bits per heavy atom. The van der Waals surface area contributed by atoms with Crippen molar-refractivity contribution in [3.63, 3.8) is 0 Å². The monoisotopic (exact) mass is 355 g/mol. The van der Waals surface area contributed by atoms with E-state index < -0.39 is 0 Å². The number of benzene rings is 1. The average Bonchev–Trinajstić information content (AvgIpc) is 2.52. The van der Waals surface area contributed by atoms with E-state index in [1.807, 2.05) is 6.92 Å². The quantitative estimate of drug-likeness (QED) is 0.607. The molecular weight excluding hydrogens is 338 g/mol. The SMILES string of the molecule is CCNC(=O)CSc1nc2cc(Cl)ccc2c(=O)n1CCOC. The molecule has 1 aromatic heterocycles. The van der Waals surface area contributed by atoms with Gasteiger partial charge in [-0.1, -0.05) is 23.4 Å². The minimum atomic E-state index is -0.165. The van der Waals surface area contributed by atoms with Gasteiger partial charge in [-0.25, -0.2) is 4.98 Å². The van der Waals surface area contributed by atoms with Crippen LogP contribution < -0.4 is 10.9 Å². The Balaban J connectivity index is 2.42. The van der Waals surface area contributed by atoms with E-state index in [4.69, 9.17) is 16.3 Å². The number of carbonyl (C=O) groups excluding carboxylic acids is 1. The zero-order chi connectivity index (χ0) is 16.8. The normalized spacial score (nSPS) is 10.9. The van der Waals surface area contributed by atoms with Crippen LogP contribution in [0.2, 0.25) is 5.02 Å². The average molecular weight is 356 g/mol. The van der Waals surface area contributed by atoms with Gasteiger partial charge in [-0.05, 0) is 25.1 Å². The highest BCUT2D eigenvalue weighted by molar-refractivity contribution is 7.99. The highest BCUT2D eigenvalue weighted by Crippen LogP contribution is 2.20. The molecule has 1 N–H and O–H groups in total. The second kappa shape index (κ2) is 8.33. The molecule has 124 valence electrons. The Morgan fingerprint density at radius 3 is 2.96 bits per heavy atom.